The molecule has 0 aliphatic rings. The van der Waals surface area contributed by atoms with Gasteiger partial charge in [0.15, 0.2) is 5.82 Å². The summed E-state index contributed by atoms with van der Waals surface area (Å²) in [6, 6.07) is 7.24. The summed E-state index contributed by atoms with van der Waals surface area (Å²) in [5, 5.41) is 3.53. The monoisotopic (exact) mass is 289 g/mol. The van der Waals surface area contributed by atoms with Gasteiger partial charge in [-0.15, -0.1) is 0 Å². The largest absolute Gasteiger partial charge is 0.347 e. The lowest BCUT2D eigenvalue weighted by molar-refractivity contribution is 0.0919. The normalized spacial score (nSPS) is 11.2. The van der Waals surface area contributed by atoms with E-state index in [1.807, 2.05) is 32.9 Å². The summed E-state index contributed by atoms with van der Waals surface area (Å²) in [4.78, 5) is 20.4. The molecule has 104 valence electrons. The Morgan fingerprint density at radius 1 is 1.10 bits per heavy atom. The summed E-state index contributed by atoms with van der Waals surface area (Å²) >= 11 is 5.83. The van der Waals surface area contributed by atoms with Gasteiger partial charge in [0.05, 0.1) is 5.56 Å². The molecule has 1 aromatic heterocycles. The van der Waals surface area contributed by atoms with Gasteiger partial charge in [0.1, 0.15) is 0 Å². The van der Waals surface area contributed by atoms with E-state index in [-0.39, 0.29) is 11.4 Å². The molecule has 4 nitrogen and oxygen atoms in total. The molecule has 20 heavy (non-hydrogen) atoms. The fraction of sp³-hybridized carbons (Fsp3) is 0.267. The maximum atomic E-state index is 11.9. The zero-order valence-corrected chi connectivity index (χ0v) is 12.4. The molecule has 1 aromatic carbocycles. The second-order valence-electron chi connectivity index (χ2n) is 5.51. The van der Waals surface area contributed by atoms with Crippen molar-refractivity contribution >= 4 is 17.5 Å². The molecule has 0 atom stereocenters. The molecule has 0 radical (unpaired) electrons. The van der Waals surface area contributed by atoms with Crippen LogP contribution in [0.25, 0.3) is 11.4 Å². The Bertz CT molecular complexity index is 601. The number of benzene rings is 1. The SMILES string of the molecule is CC(C)(C)NC(=O)c1cnc(-c2ccc(Cl)cc2)nc1. The van der Waals surface area contributed by atoms with Crippen molar-refractivity contribution in [3.63, 3.8) is 0 Å². The van der Waals surface area contributed by atoms with Crippen molar-refractivity contribution in [2.45, 2.75) is 26.3 Å². The van der Waals surface area contributed by atoms with Crippen LogP contribution in [-0.2, 0) is 0 Å². The van der Waals surface area contributed by atoms with Gasteiger partial charge >= 0.3 is 0 Å². The third-order valence-electron chi connectivity index (χ3n) is 2.50. The van der Waals surface area contributed by atoms with Crippen LogP contribution in [0.1, 0.15) is 31.1 Å². The van der Waals surface area contributed by atoms with Gasteiger partial charge in [-0.1, -0.05) is 11.6 Å². The second kappa shape index (κ2) is 5.59. The van der Waals surface area contributed by atoms with Crippen LogP contribution in [0.4, 0.5) is 0 Å². The van der Waals surface area contributed by atoms with Crippen LogP contribution in [0.3, 0.4) is 0 Å². The molecule has 0 aliphatic carbocycles. The van der Waals surface area contributed by atoms with Crippen LogP contribution in [-0.4, -0.2) is 21.4 Å². The average molecular weight is 290 g/mol. The zero-order chi connectivity index (χ0) is 14.8. The van der Waals surface area contributed by atoms with Gasteiger partial charge in [0.25, 0.3) is 5.91 Å². The van der Waals surface area contributed by atoms with E-state index in [0.717, 1.165) is 5.56 Å². The number of rotatable bonds is 2. The minimum Gasteiger partial charge on any atom is -0.347 e. The molecule has 1 heterocycles. The molecule has 2 rings (SSSR count). The van der Waals surface area contributed by atoms with E-state index in [2.05, 4.69) is 15.3 Å². The first kappa shape index (κ1) is 14.5. The highest BCUT2D eigenvalue weighted by molar-refractivity contribution is 6.30. The summed E-state index contributed by atoms with van der Waals surface area (Å²) in [6.45, 7) is 5.77. The Balaban J connectivity index is 2.18. The average Bonchev–Trinajstić information content (AvgIpc) is 2.38. The molecule has 0 bridgehead atoms. The van der Waals surface area contributed by atoms with Gasteiger partial charge in [-0.2, -0.15) is 0 Å². The number of aromatic nitrogens is 2. The molecule has 0 saturated carbocycles. The molecule has 0 fully saturated rings. The highest BCUT2D eigenvalue weighted by Gasteiger charge is 2.15. The van der Waals surface area contributed by atoms with E-state index in [1.54, 1.807) is 12.1 Å². The lowest BCUT2D eigenvalue weighted by Gasteiger charge is -2.20. The second-order valence-corrected chi connectivity index (χ2v) is 5.94. The van der Waals surface area contributed by atoms with Crippen LogP contribution in [0.15, 0.2) is 36.7 Å². The first-order valence-electron chi connectivity index (χ1n) is 6.26. The van der Waals surface area contributed by atoms with Gasteiger partial charge < -0.3 is 5.32 Å². The van der Waals surface area contributed by atoms with Gasteiger partial charge in [-0.05, 0) is 45.0 Å². The number of halogens is 1. The lowest BCUT2D eigenvalue weighted by atomic mass is 10.1. The van der Waals surface area contributed by atoms with Crippen molar-refractivity contribution < 1.29 is 4.79 Å². The smallest absolute Gasteiger partial charge is 0.254 e. The molecular weight excluding hydrogens is 274 g/mol. The lowest BCUT2D eigenvalue weighted by Crippen LogP contribution is -2.40. The summed E-state index contributed by atoms with van der Waals surface area (Å²) in [6.07, 6.45) is 3.05. The molecule has 0 spiro atoms. The quantitative estimate of drug-likeness (QED) is 0.922. The predicted molar refractivity (Wildman–Crippen MR) is 79.7 cm³/mol. The highest BCUT2D eigenvalue weighted by Crippen LogP contribution is 2.17. The highest BCUT2D eigenvalue weighted by atomic mass is 35.5. The Labute approximate surface area is 123 Å². The number of nitrogens with one attached hydrogen (secondary N) is 1. The van der Waals surface area contributed by atoms with Crippen molar-refractivity contribution in [1.29, 1.82) is 0 Å². The third kappa shape index (κ3) is 3.78. The fourth-order valence-electron chi connectivity index (χ4n) is 1.61. The fourth-order valence-corrected chi connectivity index (χ4v) is 1.73. The van der Waals surface area contributed by atoms with E-state index in [9.17, 15) is 4.79 Å². The van der Waals surface area contributed by atoms with Crippen LogP contribution >= 0.6 is 11.6 Å². The topological polar surface area (TPSA) is 54.9 Å². The van der Waals surface area contributed by atoms with Crippen LogP contribution in [0, 0.1) is 0 Å². The Kier molecular flexibility index (Phi) is 4.04. The zero-order valence-electron chi connectivity index (χ0n) is 11.6. The van der Waals surface area contributed by atoms with E-state index >= 15 is 0 Å². The summed E-state index contributed by atoms with van der Waals surface area (Å²) in [5.41, 5.74) is 1.01. The van der Waals surface area contributed by atoms with Crippen molar-refractivity contribution in [3.8, 4) is 11.4 Å². The first-order chi connectivity index (χ1) is 9.35. The maximum absolute atomic E-state index is 11.9. The number of carbonyl (C=O) groups excluding carboxylic acids is 1. The van der Waals surface area contributed by atoms with E-state index in [1.165, 1.54) is 12.4 Å². The van der Waals surface area contributed by atoms with Gasteiger partial charge in [-0.25, -0.2) is 9.97 Å². The van der Waals surface area contributed by atoms with Crippen LogP contribution in [0.5, 0.6) is 0 Å². The van der Waals surface area contributed by atoms with Crippen LogP contribution < -0.4 is 5.32 Å². The molecule has 0 saturated heterocycles. The number of hydrogen-bond donors (Lipinski definition) is 1. The molecule has 2 aromatic rings. The van der Waals surface area contributed by atoms with Crippen molar-refractivity contribution in [1.82, 2.24) is 15.3 Å². The molecule has 1 N–H and O–H groups in total. The Hall–Kier alpha value is -1.94. The van der Waals surface area contributed by atoms with E-state index < -0.39 is 0 Å². The molecule has 5 heteroatoms. The standard InChI is InChI=1S/C15H16ClN3O/c1-15(2,3)19-14(20)11-8-17-13(18-9-11)10-4-6-12(16)7-5-10/h4-9H,1-3H3,(H,19,20). The van der Waals surface area contributed by atoms with Gasteiger partial charge in [0, 0.05) is 28.5 Å². The number of carbonyl (C=O) groups is 1. The van der Waals surface area contributed by atoms with Crippen molar-refractivity contribution in [3.05, 3.63) is 47.2 Å². The maximum Gasteiger partial charge on any atom is 0.254 e. The molecular formula is C15H16ClN3O. The Morgan fingerprint density at radius 3 is 2.15 bits per heavy atom. The van der Waals surface area contributed by atoms with Crippen molar-refractivity contribution in [2.75, 3.05) is 0 Å². The first-order valence-corrected chi connectivity index (χ1v) is 6.63. The minimum atomic E-state index is -0.286. The van der Waals surface area contributed by atoms with E-state index in [0.29, 0.717) is 16.4 Å². The van der Waals surface area contributed by atoms with Gasteiger partial charge in [0.2, 0.25) is 0 Å². The minimum absolute atomic E-state index is 0.180. The number of hydrogen-bond acceptors (Lipinski definition) is 3. The molecule has 0 unspecified atom stereocenters. The molecule has 1 amide bonds. The third-order valence-corrected chi connectivity index (χ3v) is 2.76. The predicted octanol–water partition coefficient (Wildman–Crippen LogP) is 3.33. The Morgan fingerprint density at radius 2 is 1.65 bits per heavy atom. The summed E-state index contributed by atoms with van der Waals surface area (Å²) in [7, 11) is 0. The van der Waals surface area contributed by atoms with Crippen LogP contribution in [0.2, 0.25) is 5.02 Å². The number of nitrogens with zero attached hydrogens (tertiary/aromatic N) is 2. The summed E-state index contributed by atoms with van der Waals surface area (Å²) in [5.74, 6) is 0.383. The van der Waals surface area contributed by atoms with Crippen molar-refractivity contribution in [2.24, 2.45) is 0 Å². The molecule has 0 aliphatic heterocycles. The van der Waals surface area contributed by atoms with Gasteiger partial charge in [-0.3, -0.25) is 4.79 Å². The summed E-state index contributed by atoms with van der Waals surface area (Å²) < 4.78 is 0. The van der Waals surface area contributed by atoms with E-state index in [4.69, 9.17) is 11.6 Å². The number of amides is 1.